The van der Waals surface area contributed by atoms with Gasteiger partial charge >= 0.3 is 5.63 Å². The van der Waals surface area contributed by atoms with Crippen molar-refractivity contribution in [3.8, 4) is 11.5 Å². The maximum absolute atomic E-state index is 12.7. The Bertz CT molecular complexity index is 1470. The number of carbonyl (C=O) groups excluding carboxylic acids is 2. The highest BCUT2D eigenvalue weighted by Crippen LogP contribution is 2.25. The number of carbonyl (C=O) groups is 2. The summed E-state index contributed by atoms with van der Waals surface area (Å²) < 4.78 is 11.0. The van der Waals surface area contributed by atoms with Gasteiger partial charge in [0.05, 0.1) is 12.0 Å². The SMILES string of the molecule is Cc1c(C)c2ccc(O[C@H](C)C(=O)N[C@H](Cc3c[nH]c4ccc(O)cc34)C(=O)[O-])cc2oc1=O. The van der Waals surface area contributed by atoms with E-state index >= 15 is 0 Å². The summed E-state index contributed by atoms with van der Waals surface area (Å²) in [5, 5.41) is 25.3. The number of H-pyrrole nitrogens is 1. The number of rotatable bonds is 7. The summed E-state index contributed by atoms with van der Waals surface area (Å²) >= 11 is 0. The van der Waals surface area contributed by atoms with Gasteiger partial charge in [-0.05, 0) is 62.2 Å². The van der Waals surface area contributed by atoms with Gasteiger partial charge < -0.3 is 34.5 Å². The number of aromatic hydroxyl groups is 1. The van der Waals surface area contributed by atoms with E-state index in [0.717, 1.165) is 16.5 Å². The number of carboxylic acids is 1. The number of hydrogen-bond acceptors (Lipinski definition) is 7. The Balaban J connectivity index is 1.49. The van der Waals surface area contributed by atoms with Crippen LogP contribution in [0.2, 0.25) is 0 Å². The molecule has 9 heteroatoms. The lowest BCUT2D eigenvalue weighted by Crippen LogP contribution is -2.52. The molecule has 2 heterocycles. The maximum atomic E-state index is 12.7. The Morgan fingerprint density at radius 2 is 1.91 bits per heavy atom. The van der Waals surface area contributed by atoms with Crippen molar-refractivity contribution in [2.75, 3.05) is 0 Å². The zero-order chi connectivity index (χ0) is 24.6. The molecule has 1 amide bonds. The molecule has 0 spiro atoms. The topological polar surface area (TPSA) is 145 Å². The molecular formula is C25H23N2O7-. The number of carboxylic acid groups (broad SMARTS) is 1. The fourth-order valence-corrected chi connectivity index (χ4v) is 3.80. The minimum atomic E-state index is -1.45. The van der Waals surface area contributed by atoms with E-state index in [2.05, 4.69) is 10.3 Å². The maximum Gasteiger partial charge on any atom is 0.339 e. The van der Waals surface area contributed by atoms with Crippen LogP contribution in [0.25, 0.3) is 21.9 Å². The molecule has 0 fully saturated rings. The second kappa shape index (κ2) is 8.93. The van der Waals surface area contributed by atoms with Crippen LogP contribution in [0.5, 0.6) is 11.5 Å². The Labute approximate surface area is 194 Å². The molecule has 2 aromatic carbocycles. The highest BCUT2D eigenvalue weighted by atomic mass is 16.5. The molecular weight excluding hydrogens is 440 g/mol. The molecule has 0 unspecified atom stereocenters. The Morgan fingerprint density at radius 1 is 1.15 bits per heavy atom. The number of fused-ring (bicyclic) bond motifs is 2. The van der Waals surface area contributed by atoms with Crippen molar-refractivity contribution in [1.29, 1.82) is 0 Å². The van der Waals surface area contributed by atoms with E-state index in [-0.39, 0.29) is 12.2 Å². The van der Waals surface area contributed by atoms with Crippen LogP contribution in [-0.4, -0.2) is 34.1 Å². The van der Waals surface area contributed by atoms with Gasteiger partial charge in [-0.15, -0.1) is 0 Å². The minimum absolute atomic E-state index is 0.0426. The van der Waals surface area contributed by atoms with E-state index in [1.807, 2.05) is 6.92 Å². The van der Waals surface area contributed by atoms with Crippen molar-refractivity contribution in [1.82, 2.24) is 10.3 Å². The summed E-state index contributed by atoms with van der Waals surface area (Å²) in [5.74, 6) is -1.77. The number of aliphatic carboxylic acids is 1. The van der Waals surface area contributed by atoms with Gasteiger partial charge in [0.1, 0.15) is 17.1 Å². The number of ether oxygens (including phenoxy) is 1. The molecule has 4 aromatic rings. The molecule has 34 heavy (non-hydrogen) atoms. The number of aromatic nitrogens is 1. The number of nitrogens with one attached hydrogen (secondary N) is 2. The zero-order valence-corrected chi connectivity index (χ0v) is 18.8. The van der Waals surface area contributed by atoms with Crippen LogP contribution >= 0.6 is 0 Å². The first-order chi connectivity index (χ1) is 16.1. The number of benzene rings is 2. The molecule has 0 aliphatic rings. The normalized spacial score (nSPS) is 13.0. The van der Waals surface area contributed by atoms with E-state index in [4.69, 9.17) is 9.15 Å². The third kappa shape index (κ3) is 4.45. The molecule has 2 atom stereocenters. The molecule has 3 N–H and O–H groups in total. The third-order valence-electron chi connectivity index (χ3n) is 5.89. The lowest BCUT2D eigenvalue weighted by molar-refractivity contribution is -0.308. The zero-order valence-electron chi connectivity index (χ0n) is 18.8. The summed E-state index contributed by atoms with van der Waals surface area (Å²) in [7, 11) is 0. The van der Waals surface area contributed by atoms with Gasteiger partial charge in [-0.25, -0.2) is 4.79 Å². The number of phenolic OH excluding ortho intramolecular Hbond substituents is 1. The average molecular weight is 463 g/mol. The van der Waals surface area contributed by atoms with Crippen LogP contribution in [-0.2, 0) is 16.0 Å². The first-order valence-electron chi connectivity index (χ1n) is 10.6. The van der Waals surface area contributed by atoms with Crippen molar-refractivity contribution in [2.45, 2.75) is 39.3 Å². The summed E-state index contributed by atoms with van der Waals surface area (Å²) in [6, 6.07) is 8.28. The van der Waals surface area contributed by atoms with Crippen molar-refractivity contribution < 1.29 is 29.0 Å². The standard InChI is InChI=1S/C25H24N2O7/c1-12-13(2)25(32)34-22-10-17(5-6-18(12)22)33-14(3)23(29)27-21(24(30)31)8-15-11-26-20-7-4-16(28)9-19(15)20/h4-7,9-11,14,21,26,28H,8H2,1-3H3,(H,27,29)(H,30,31)/p-1/t14-,21-/m1/s1. The van der Waals surface area contributed by atoms with Gasteiger partial charge in [0.2, 0.25) is 0 Å². The van der Waals surface area contributed by atoms with Gasteiger partial charge in [0.25, 0.3) is 5.91 Å². The van der Waals surface area contributed by atoms with Gasteiger partial charge in [0, 0.05) is 40.5 Å². The van der Waals surface area contributed by atoms with Crippen molar-refractivity contribution in [2.24, 2.45) is 0 Å². The van der Waals surface area contributed by atoms with Gasteiger partial charge in [-0.3, -0.25) is 4.79 Å². The predicted octanol–water partition coefficient (Wildman–Crippen LogP) is 1.84. The van der Waals surface area contributed by atoms with E-state index in [0.29, 0.717) is 27.8 Å². The monoisotopic (exact) mass is 463 g/mol. The fourth-order valence-electron chi connectivity index (χ4n) is 3.80. The van der Waals surface area contributed by atoms with Crippen molar-refractivity contribution in [3.05, 3.63) is 69.7 Å². The van der Waals surface area contributed by atoms with E-state index < -0.39 is 29.6 Å². The molecule has 176 valence electrons. The highest BCUT2D eigenvalue weighted by Gasteiger charge is 2.22. The lowest BCUT2D eigenvalue weighted by Gasteiger charge is -2.22. The molecule has 4 rings (SSSR count). The smallest absolute Gasteiger partial charge is 0.339 e. The van der Waals surface area contributed by atoms with Gasteiger partial charge in [0.15, 0.2) is 6.10 Å². The van der Waals surface area contributed by atoms with Gasteiger partial charge in [-0.2, -0.15) is 0 Å². The van der Waals surface area contributed by atoms with Crippen LogP contribution < -0.4 is 20.8 Å². The summed E-state index contributed by atoms with van der Waals surface area (Å²) in [6.07, 6.45) is 0.535. The summed E-state index contributed by atoms with van der Waals surface area (Å²) in [4.78, 5) is 39.4. The van der Waals surface area contributed by atoms with Crippen molar-refractivity contribution in [3.63, 3.8) is 0 Å². The van der Waals surface area contributed by atoms with Gasteiger partial charge in [-0.1, -0.05) is 0 Å². The molecule has 0 aliphatic carbocycles. The number of amides is 1. The molecule has 9 nitrogen and oxygen atoms in total. The largest absolute Gasteiger partial charge is 0.548 e. The van der Waals surface area contributed by atoms with Crippen LogP contribution in [0.3, 0.4) is 0 Å². The number of aryl methyl sites for hydroxylation is 1. The Kier molecular flexibility index (Phi) is 6.02. The lowest BCUT2D eigenvalue weighted by atomic mass is 10.0. The van der Waals surface area contributed by atoms with E-state index in [1.165, 1.54) is 25.1 Å². The number of phenols is 1. The van der Waals surface area contributed by atoms with Crippen LogP contribution in [0.15, 0.2) is 51.8 Å². The molecule has 0 aliphatic heterocycles. The minimum Gasteiger partial charge on any atom is -0.548 e. The first kappa shape index (κ1) is 22.9. The average Bonchev–Trinajstić information content (AvgIpc) is 3.18. The fraction of sp³-hybridized carbons (Fsp3) is 0.240. The summed E-state index contributed by atoms with van der Waals surface area (Å²) in [5.41, 5.74) is 2.52. The second-order valence-corrected chi connectivity index (χ2v) is 8.19. The molecule has 0 bridgehead atoms. The molecule has 0 saturated heterocycles. The van der Waals surface area contributed by atoms with E-state index in [1.54, 1.807) is 31.3 Å². The van der Waals surface area contributed by atoms with Crippen molar-refractivity contribution >= 4 is 33.7 Å². The predicted molar refractivity (Wildman–Crippen MR) is 123 cm³/mol. The second-order valence-electron chi connectivity index (χ2n) is 8.19. The molecule has 0 radical (unpaired) electrons. The number of hydrogen-bond donors (Lipinski definition) is 3. The van der Waals surface area contributed by atoms with Crippen LogP contribution in [0.1, 0.15) is 23.6 Å². The highest BCUT2D eigenvalue weighted by molar-refractivity contribution is 5.88. The quantitative estimate of drug-likeness (QED) is 0.355. The Hall–Kier alpha value is -4.27. The van der Waals surface area contributed by atoms with E-state index in [9.17, 15) is 24.6 Å². The Morgan fingerprint density at radius 3 is 2.65 bits per heavy atom. The summed E-state index contributed by atoms with van der Waals surface area (Å²) in [6.45, 7) is 4.98. The van der Waals surface area contributed by atoms with Crippen LogP contribution in [0, 0.1) is 13.8 Å². The number of aromatic amines is 1. The molecule has 2 aromatic heterocycles. The van der Waals surface area contributed by atoms with Crippen LogP contribution in [0.4, 0.5) is 0 Å². The first-order valence-corrected chi connectivity index (χ1v) is 10.6. The molecule has 0 saturated carbocycles. The third-order valence-corrected chi connectivity index (χ3v) is 5.89.